The Kier molecular flexibility index (Phi) is 18.3. The predicted molar refractivity (Wildman–Crippen MR) is 116 cm³/mol. The monoisotopic (exact) mass is 370 g/mol. The van der Waals surface area contributed by atoms with Crippen LogP contribution in [0.5, 0.6) is 0 Å². The first kappa shape index (κ1) is 25.6. The Morgan fingerprint density at radius 1 is 0.917 bits per heavy atom. The highest BCUT2D eigenvalue weighted by molar-refractivity contribution is 8.16. The molecule has 0 spiro atoms. The molecule has 0 amide bonds. The molecule has 0 saturated carbocycles. The number of allylic oxidation sites excluding steroid dienone is 4. The third-order valence-electron chi connectivity index (χ3n) is 3.38. The van der Waals surface area contributed by atoms with Gasteiger partial charge in [0.15, 0.2) is 0 Å². The van der Waals surface area contributed by atoms with Crippen LogP contribution in [0.25, 0.3) is 0 Å². The summed E-state index contributed by atoms with van der Waals surface area (Å²) in [5.74, 6) is 0. The van der Waals surface area contributed by atoms with Crippen LogP contribution in [0.2, 0.25) is 0 Å². The topological polar surface area (TPSA) is 0 Å². The van der Waals surface area contributed by atoms with Crippen LogP contribution in [0.3, 0.4) is 0 Å². The Morgan fingerprint density at radius 2 is 1.46 bits per heavy atom. The van der Waals surface area contributed by atoms with Crippen LogP contribution in [-0.4, -0.2) is 19.7 Å². The Labute approximate surface area is 158 Å². The van der Waals surface area contributed by atoms with Crippen molar-refractivity contribution in [3.8, 4) is 0 Å². The fourth-order valence-corrected chi connectivity index (χ4v) is 4.36. The molecule has 0 aromatic heterocycles. The first-order valence-electron chi connectivity index (χ1n) is 8.70. The van der Waals surface area contributed by atoms with E-state index in [0.717, 1.165) is 6.42 Å². The molecule has 0 aliphatic heterocycles. The van der Waals surface area contributed by atoms with Gasteiger partial charge >= 0.3 is 0 Å². The quantitative estimate of drug-likeness (QED) is 0.484. The molecule has 0 unspecified atom stereocenters. The Bertz CT molecular complexity index is 434. The van der Waals surface area contributed by atoms with Crippen LogP contribution in [0.15, 0.2) is 54.1 Å². The predicted octanol–water partition coefficient (Wildman–Crippen LogP) is 7.87. The van der Waals surface area contributed by atoms with Crippen molar-refractivity contribution in [2.75, 3.05) is 19.7 Å². The van der Waals surface area contributed by atoms with E-state index in [0.29, 0.717) is 7.18 Å². The van der Waals surface area contributed by atoms with Gasteiger partial charge in [-0.2, -0.15) is 0 Å². The third-order valence-corrected chi connectivity index (χ3v) is 6.46. The highest BCUT2D eigenvalue weighted by Gasteiger charge is 2.30. The molecular weight excluding hydrogens is 335 g/mol. The van der Waals surface area contributed by atoms with Crippen molar-refractivity contribution in [3.63, 3.8) is 0 Å². The fraction of sp³-hybridized carbons (Fsp3) is 0.524. The van der Waals surface area contributed by atoms with Gasteiger partial charge in [-0.1, -0.05) is 76.3 Å². The summed E-state index contributed by atoms with van der Waals surface area (Å²) in [7, 11) is 0.500. The van der Waals surface area contributed by atoms with Gasteiger partial charge in [-0.25, -0.2) is 0 Å². The summed E-state index contributed by atoms with van der Waals surface area (Å²) < 4.78 is 9.65. The lowest BCUT2D eigenvalue weighted by Gasteiger charge is -2.32. The molecule has 2 rings (SSSR count). The number of halogens is 1. The molecule has 1 aromatic carbocycles. The lowest BCUT2D eigenvalue weighted by molar-refractivity contribution is 0.636. The molecule has 0 bridgehead atoms. The van der Waals surface area contributed by atoms with E-state index >= 15 is 0 Å². The normalized spacial score (nSPS) is 12.4. The highest BCUT2D eigenvalue weighted by atomic mass is 32.2. The summed E-state index contributed by atoms with van der Waals surface area (Å²) in [6, 6.07) is 10.9. The third kappa shape index (κ3) is 8.43. The number of hydrogen-bond acceptors (Lipinski definition) is 2. The molecule has 0 saturated heterocycles. The van der Waals surface area contributed by atoms with E-state index < -0.39 is 0 Å². The van der Waals surface area contributed by atoms with E-state index in [1.165, 1.54) is 24.0 Å². The summed E-state index contributed by atoms with van der Waals surface area (Å²) in [6.07, 6.45) is 14.9. The molecule has 0 N–H and O–H groups in total. The molecule has 3 heteroatoms. The van der Waals surface area contributed by atoms with Crippen molar-refractivity contribution in [2.45, 2.75) is 51.0 Å². The summed E-state index contributed by atoms with van der Waals surface area (Å²) in [4.78, 5) is 0. The van der Waals surface area contributed by atoms with Gasteiger partial charge in [0.1, 0.15) is 0 Å². The molecule has 0 radical (unpaired) electrons. The van der Waals surface area contributed by atoms with Crippen LogP contribution in [0.4, 0.5) is 4.39 Å². The van der Waals surface area contributed by atoms with Crippen molar-refractivity contribution >= 4 is 23.5 Å². The first-order valence-corrected chi connectivity index (χ1v) is 11.1. The van der Waals surface area contributed by atoms with Gasteiger partial charge < -0.3 is 0 Å². The van der Waals surface area contributed by atoms with E-state index in [1.807, 2.05) is 51.2 Å². The number of alkyl halides is 1. The number of thioether (sulfide) groups is 2. The molecule has 1 aliphatic carbocycles. The number of hydrogen-bond donors (Lipinski definition) is 0. The summed E-state index contributed by atoms with van der Waals surface area (Å²) >= 11 is 3.90. The van der Waals surface area contributed by atoms with E-state index in [2.05, 4.69) is 61.1 Å². The van der Waals surface area contributed by atoms with Gasteiger partial charge in [0, 0.05) is 6.42 Å². The first-order chi connectivity index (χ1) is 11.8. The molecule has 138 valence electrons. The minimum atomic E-state index is 0.148. The van der Waals surface area contributed by atoms with Gasteiger partial charge in [0.2, 0.25) is 0 Å². The van der Waals surface area contributed by atoms with Crippen LogP contribution in [0, 0.1) is 0 Å². The standard InChI is InChI=1S/C16H20S2.2C2H6.CH3F/c1-17-16(18-2,15-11-7-4-8-12-15)13-14-9-5-3-6-10-14;3*1-2/h4-5,7-12H,3,6,13H2,1-2H3;2*1-2H3;1H3. The molecule has 1 aliphatic rings. The maximum Gasteiger partial charge on any atom is 0.0894 e. The van der Waals surface area contributed by atoms with Gasteiger partial charge in [0.05, 0.1) is 11.3 Å². The second kappa shape index (κ2) is 17.2. The summed E-state index contributed by atoms with van der Waals surface area (Å²) in [5, 5.41) is 0. The van der Waals surface area contributed by atoms with E-state index in [9.17, 15) is 4.39 Å². The smallest absolute Gasteiger partial charge is 0.0894 e. The van der Waals surface area contributed by atoms with E-state index in [4.69, 9.17) is 0 Å². The van der Waals surface area contributed by atoms with Crippen molar-refractivity contribution < 1.29 is 4.39 Å². The van der Waals surface area contributed by atoms with Crippen molar-refractivity contribution in [3.05, 3.63) is 59.7 Å². The number of rotatable bonds is 5. The maximum absolute atomic E-state index is 9.50. The lowest BCUT2D eigenvalue weighted by Crippen LogP contribution is -2.17. The number of benzene rings is 1. The SMILES string of the molecule is CC.CC.CF.CSC(CC1=CCCC=C1)(SC)c1ccccc1. The second-order valence-electron chi connectivity index (χ2n) is 4.46. The molecule has 24 heavy (non-hydrogen) atoms. The Hall–Kier alpha value is -0.670. The van der Waals surface area contributed by atoms with Gasteiger partial charge in [-0.15, -0.1) is 23.5 Å². The maximum atomic E-state index is 9.50. The van der Waals surface area contributed by atoms with Crippen LogP contribution in [-0.2, 0) is 4.08 Å². The average Bonchev–Trinajstić information content (AvgIpc) is 2.72. The van der Waals surface area contributed by atoms with E-state index in [-0.39, 0.29) is 4.08 Å². The van der Waals surface area contributed by atoms with Gasteiger partial charge in [0.25, 0.3) is 0 Å². The zero-order valence-electron chi connectivity index (χ0n) is 16.4. The van der Waals surface area contributed by atoms with Crippen molar-refractivity contribution in [1.29, 1.82) is 0 Å². The average molecular weight is 371 g/mol. The minimum Gasteiger partial charge on any atom is -0.255 e. The highest BCUT2D eigenvalue weighted by Crippen LogP contribution is 2.49. The lowest BCUT2D eigenvalue weighted by atomic mass is 9.99. The summed E-state index contributed by atoms with van der Waals surface area (Å²) in [6.45, 7) is 8.00. The molecule has 0 atom stereocenters. The molecule has 0 heterocycles. The minimum absolute atomic E-state index is 0.148. The Morgan fingerprint density at radius 3 is 1.88 bits per heavy atom. The van der Waals surface area contributed by atoms with Crippen LogP contribution < -0.4 is 0 Å². The largest absolute Gasteiger partial charge is 0.255 e. The molecular formula is C21H35FS2. The van der Waals surface area contributed by atoms with Crippen molar-refractivity contribution in [2.24, 2.45) is 0 Å². The molecule has 0 nitrogen and oxygen atoms in total. The second-order valence-corrected chi connectivity index (χ2v) is 6.93. The zero-order valence-corrected chi connectivity index (χ0v) is 18.1. The molecule has 0 fully saturated rings. The van der Waals surface area contributed by atoms with Gasteiger partial charge in [-0.05, 0) is 36.5 Å². The fourth-order valence-electron chi connectivity index (χ4n) is 2.33. The molecule has 1 aromatic rings. The van der Waals surface area contributed by atoms with Gasteiger partial charge in [-0.3, -0.25) is 4.39 Å². The van der Waals surface area contributed by atoms with Crippen LogP contribution >= 0.6 is 23.5 Å². The van der Waals surface area contributed by atoms with E-state index in [1.54, 1.807) is 0 Å². The zero-order chi connectivity index (χ0) is 18.8. The Balaban J connectivity index is 0. The van der Waals surface area contributed by atoms with Crippen LogP contribution in [0.1, 0.15) is 52.5 Å². The summed E-state index contributed by atoms with van der Waals surface area (Å²) in [5.41, 5.74) is 2.90. The van der Waals surface area contributed by atoms with Crippen molar-refractivity contribution in [1.82, 2.24) is 0 Å².